The van der Waals surface area contributed by atoms with Crippen molar-refractivity contribution in [3.05, 3.63) is 16.8 Å². The van der Waals surface area contributed by atoms with Gasteiger partial charge in [0, 0.05) is 13.0 Å². The van der Waals surface area contributed by atoms with E-state index in [-0.39, 0.29) is 0 Å². The fourth-order valence-corrected chi connectivity index (χ4v) is 2.27. The minimum atomic E-state index is 0.493. The average molecular weight is 253 g/mol. The fourth-order valence-electron chi connectivity index (χ4n) is 1.37. The summed E-state index contributed by atoms with van der Waals surface area (Å²) >= 11 is 1.52. The predicted molar refractivity (Wildman–Crippen MR) is 67.0 cm³/mol. The molecule has 17 heavy (non-hydrogen) atoms. The number of nitrogens with zero attached hydrogens (tertiary/aromatic N) is 2. The van der Waals surface area contributed by atoms with Gasteiger partial charge in [0.1, 0.15) is 4.88 Å². The number of nitrogen functional groups attached to an aromatic ring is 1. The lowest BCUT2D eigenvalue weighted by molar-refractivity contribution is 0.149. The van der Waals surface area contributed by atoms with Gasteiger partial charge in [-0.15, -0.1) is 11.3 Å². The lowest BCUT2D eigenvalue weighted by Gasteiger charge is -1.95. The van der Waals surface area contributed by atoms with Gasteiger partial charge in [0.2, 0.25) is 0 Å². The molecule has 2 heterocycles. The third-order valence-corrected chi connectivity index (χ3v) is 3.46. The number of thiophene rings is 1. The molecule has 0 spiro atoms. The first kappa shape index (κ1) is 12.1. The van der Waals surface area contributed by atoms with Crippen molar-refractivity contribution in [2.45, 2.75) is 20.3 Å². The Morgan fingerprint density at radius 3 is 3.00 bits per heavy atom. The summed E-state index contributed by atoms with van der Waals surface area (Å²) in [5, 5.41) is 5.88. The molecule has 0 atom stereocenters. The number of nitrogens with two attached hydrogens (primary N) is 1. The second-order valence-corrected chi connectivity index (χ2v) is 4.50. The standard InChI is InChI=1S/C11H15N3O2S/c1-3-15-5-4-8-13-11(16-14-8)10-9(12)7(2)6-17-10/h6H,3-5,12H2,1-2H3. The van der Waals surface area contributed by atoms with Crippen LogP contribution in [0.25, 0.3) is 10.8 Å². The number of rotatable bonds is 5. The van der Waals surface area contributed by atoms with Crippen molar-refractivity contribution in [1.82, 2.24) is 10.1 Å². The van der Waals surface area contributed by atoms with Crippen LogP contribution in [0.15, 0.2) is 9.90 Å². The van der Waals surface area contributed by atoms with Crippen molar-refractivity contribution in [3.8, 4) is 10.8 Å². The normalized spacial score (nSPS) is 10.9. The number of aromatic nitrogens is 2. The second-order valence-electron chi connectivity index (χ2n) is 3.62. The molecule has 2 aromatic rings. The van der Waals surface area contributed by atoms with E-state index in [0.29, 0.717) is 31.3 Å². The van der Waals surface area contributed by atoms with Crippen LogP contribution in [-0.4, -0.2) is 23.4 Å². The Kier molecular flexibility index (Phi) is 3.75. The van der Waals surface area contributed by atoms with E-state index >= 15 is 0 Å². The second kappa shape index (κ2) is 5.29. The van der Waals surface area contributed by atoms with Gasteiger partial charge in [-0.1, -0.05) is 5.16 Å². The topological polar surface area (TPSA) is 74.2 Å². The van der Waals surface area contributed by atoms with E-state index in [4.69, 9.17) is 15.0 Å². The minimum Gasteiger partial charge on any atom is -0.397 e. The molecular weight excluding hydrogens is 238 g/mol. The monoisotopic (exact) mass is 253 g/mol. The van der Waals surface area contributed by atoms with E-state index in [0.717, 1.165) is 16.1 Å². The minimum absolute atomic E-state index is 0.493. The largest absolute Gasteiger partial charge is 0.397 e. The maximum Gasteiger partial charge on any atom is 0.270 e. The highest BCUT2D eigenvalue weighted by atomic mass is 32.1. The Morgan fingerprint density at radius 2 is 2.35 bits per heavy atom. The van der Waals surface area contributed by atoms with Crippen LogP contribution in [0, 0.1) is 6.92 Å². The number of anilines is 1. The Labute approximate surface area is 104 Å². The summed E-state index contributed by atoms with van der Waals surface area (Å²) in [5.74, 6) is 1.14. The molecule has 2 rings (SSSR count). The highest BCUT2D eigenvalue weighted by Crippen LogP contribution is 2.33. The molecule has 0 aliphatic heterocycles. The summed E-state index contributed by atoms with van der Waals surface area (Å²) in [4.78, 5) is 5.14. The molecular formula is C11H15N3O2S. The van der Waals surface area contributed by atoms with E-state index in [1.807, 2.05) is 19.2 Å². The molecule has 0 amide bonds. The average Bonchev–Trinajstić information content (AvgIpc) is 2.89. The Bertz CT molecular complexity index is 493. The molecule has 0 aliphatic rings. The molecule has 2 N–H and O–H groups in total. The van der Waals surface area contributed by atoms with Crippen LogP contribution in [0.4, 0.5) is 5.69 Å². The zero-order chi connectivity index (χ0) is 12.3. The van der Waals surface area contributed by atoms with Crippen LogP contribution in [0.3, 0.4) is 0 Å². The third-order valence-electron chi connectivity index (χ3n) is 2.36. The van der Waals surface area contributed by atoms with Crippen LogP contribution in [-0.2, 0) is 11.2 Å². The molecule has 0 aromatic carbocycles. The summed E-state index contributed by atoms with van der Waals surface area (Å²) in [6.07, 6.45) is 0.654. The van der Waals surface area contributed by atoms with Crippen molar-refractivity contribution >= 4 is 17.0 Å². The van der Waals surface area contributed by atoms with Gasteiger partial charge < -0.3 is 15.0 Å². The summed E-state index contributed by atoms with van der Waals surface area (Å²) in [6.45, 7) is 5.22. The molecule has 0 bridgehead atoms. The van der Waals surface area contributed by atoms with Crippen molar-refractivity contribution in [2.75, 3.05) is 18.9 Å². The molecule has 0 saturated heterocycles. The van der Waals surface area contributed by atoms with Crippen LogP contribution in [0.1, 0.15) is 18.3 Å². The van der Waals surface area contributed by atoms with Gasteiger partial charge in [0.15, 0.2) is 5.82 Å². The summed E-state index contributed by atoms with van der Waals surface area (Å²) in [6, 6.07) is 0. The third kappa shape index (κ3) is 2.65. The van der Waals surface area contributed by atoms with Crippen molar-refractivity contribution < 1.29 is 9.26 Å². The molecule has 0 unspecified atom stereocenters. The van der Waals surface area contributed by atoms with Gasteiger partial charge in [-0.2, -0.15) is 4.98 Å². The van der Waals surface area contributed by atoms with Gasteiger partial charge in [-0.3, -0.25) is 0 Å². The smallest absolute Gasteiger partial charge is 0.270 e. The molecule has 2 aromatic heterocycles. The molecule has 92 valence electrons. The van der Waals surface area contributed by atoms with Crippen LogP contribution >= 0.6 is 11.3 Å². The van der Waals surface area contributed by atoms with E-state index in [9.17, 15) is 0 Å². The molecule has 0 fully saturated rings. The first-order chi connectivity index (χ1) is 8.22. The molecule has 5 nitrogen and oxygen atoms in total. The Hall–Kier alpha value is -1.40. The lowest BCUT2D eigenvalue weighted by atomic mass is 10.3. The van der Waals surface area contributed by atoms with E-state index < -0.39 is 0 Å². The number of hydrogen-bond donors (Lipinski definition) is 1. The maximum absolute atomic E-state index is 5.92. The highest BCUT2D eigenvalue weighted by Gasteiger charge is 2.14. The van der Waals surface area contributed by atoms with Gasteiger partial charge in [-0.05, 0) is 24.8 Å². The molecule has 0 radical (unpaired) electrons. The summed E-state index contributed by atoms with van der Waals surface area (Å²) < 4.78 is 10.4. The van der Waals surface area contributed by atoms with E-state index in [1.165, 1.54) is 11.3 Å². The van der Waals surface area contributed by atoms with Gasteiger partial charge in [0.05, 0.1) is 12.3 Å². The number of ether oxygens (including phenoxy) is 1. The van der Waals surface area contributed by atoms with Gasteiger partial charge in [0.25, 0.3) is 5.89 Å². The first-order valence-corrected chi connectivity index (χ1v) is 6.34. The zero-order valence-electron chi connectivity index (χ0n) is 9.90. The fraction of sp³-hybridized carbons (Fsp3) is 0.455. The van der Waals surface area contributed by atoms with Crippen molar-refractivity contribution in [1.29, 1.82) is 0 Å². The van der Waals surface area contributed by atoms with Crippen LogP contribution in [0.2, 0.25) is 0 Å². The summed E-state index contributed by atoms with van der Waals surface area (Å²) in [5.41, 5.74) is 7.68. The van der Waals surface area contributed by atoms with E-state index in [2.05, 4.69) is 10.1 Å². The zero-order valence-corrected chi connectivity index (χ0v) is 10.7. The van der Waals surface area contributed by atoms with Gasteiger partial charge in [-0.25, -0.2) is 0 Å². The van der Waals surface area contributed by atoms with Crippen molar-refractivity contribution in [3.63, 3.8) is 0 Å². The maximum atomic E-state index is 5.92. The Morgan fingerprint density at radius 1 is 1.53 bits per heavy atom. The number of hydrogen-bond acceptors (Lipinski definition) is 6. The molecule has 0 aliphatic carbocycles. The van der Waals surface area contributed by atoms with Gasteiger partial charge >= 0.3 is 0 Å². The number of aryl methyl sites for hydroxylation is 1. The predicted octanol–water partition coefficient (Wildman–Crippen LogP) is 2.27. The Balaban J connectivity index is 2.10. The molecule has 6 heteroatoms. The SMILES string of the molecule is CCOCCc1noc(-c2scc(C)c2N)n1. The highest BCUT2D eigenvalue weighted by molar-refractivity contribution is 7.14. The lowest BCUT2D eigenvalue weighted by Crippen LogP contribution is -1.99. The van der Waals surface area contributed by atoms with Crippen LogP contribution in [0.5, 0.6) is 0 Å². The summed E-state index contributed by atoms with van der Waals surface area (Å²) in [7, 11) is 0. The van der Waals surface area contributed by atoms with Crippen molar-refractivity contribution in [2.24, 2.45) is 0 Å². The quantitative estimate of drug-likeness (QED) is 0.827. The van der Waals surface area contributed by atoms with Crippen LogP contribution < -0.4 is 5.73 Å². The first-order valence-electron chi connectivity index (χ1n) is 5.46. The molecule has 0 saturated carbocycles. The van der Waals surface area contributed by atoms with E-state index in [1.54, 1.807) is 0 Å².